The number of nitrogen functional groups attached to an aromatic ring is 1. The molecule has 2 fully saturated rings. The zero-order valence-electron chi connectivity index (χ0n) is 16.5. The van der Waals surface area contributed by atoms with E-state index in [0.717, 1.165) is 53.9 Å². The third kappa shape index (κ3) is 3.18. The van der Waals surface area contributed by atoms with Gasteiger partial charge in [0, 0.05) is 41.8 Å². The van der Waals surface area contributed by atoms with E-state index in [9.17, 15) is 0 Å². The SMILES string of the molecule is C[C@@H]1OCC2(CCN(c3ncc(Sc4ccnc(N)c4Cl)c4nncn34)CC2)[C@@H]1N. The molecule has 4 N–H and O–H groups in total. The van der Waals surface area contributed by atoms with Gasteiger partial charge in [0.15, 0.2) is 5.65 Å². The zero-order valence-corrected chi connectivity index (χ0v) is 18.1. The lowest BCUT2D eigenvalue weighted by molar-refractivity contribution is 0.0973. The molecule has 158 valence electrons. The smallest absolute Gasteiger partial charge is 0.212 e. The van der Waals surface area contributed by atoms with Gasteiger partial charge >= 0.3 is 0 Å². The molecule has 9 nitrogen and oxygen atoms in total. The number of ether oxygens (including phenoxy) is 1. The highest BCUT2D eigenvalue weighted by Gasteiger charge is 2.47. The number of fused-ring (bicyclic) bond motifs is 1. The van der Waals surface area contributed by atoms with Crippen molar-refractivity contribution in [2.75, 3.05) is 30.3 Å². The summed E-state index contributed by atoms with van der Waals surface area (Å²) in [6, 6.07) is 1.90. The van der Waals surface area contributed by atoms with Crippen LogP contribution in [0.1, 0.15) is 19.8 Å². The van der Waals surface area contributed by atoms with Crippen LogP contribution >= 0.6 is 23.4 Å². The van der Waals surface area contributed by atoms with Gasteiger partial charge in [-0.3, -0.25) is 0 Å². The number of piperidine rings is 1. The van der Waals surface area contributed by atoms with Crippen molar-refractivity contribution in [3.05, 3.63) is 29.8 Å². The van der Waals surface area contributed by atoms with E-state index in [2.05, 4.69) is 27.0 Å². The van der Waals surface area contributed by atoms with Crippen molar-refractivity contribution in [1.82, 2.24) is 24.6 Å². The fraction of sp³-hybridized carbons (Fsp3) is 0.474. The molecule has 0 amide bonds. The van der Waals surface area contributed by atoms with E-state index >= 15 is 0 Å². The molecule has 0 bridgehead atoms. The summed E-state index contributed by atoms with van der Waals surface area (Å²) in [4.78, 5) is 12.7. The summed E-state index contributed by atoms with van der Waals surface area (Å²) in [6.45, 7) is 4.53. The zero-order chi connectivity index (χ0) is 20.9. The third-order valence-corrected chi connectivity index (χ3v) is 7.85. The lowest BCUT2D eigenvalue weighted by atomic mass is 9.73. The van der Waals surface area contributed by atoms with E-state index in [-0.39, 0.29) is 17.6 Å². The van der Waals surface area contributed by atoms with E-state index in [1.165, 1.54) is 11.8 Å². The summed E-state index contributed by atoms with van der Waals surface area (Å²) in [6.07, 6.45) is 7.21. The normalized spacial score (nSPS) is 23.5. The Morgan fingerprint density at radius 3 is 2.80 bits per heavy atom. The predicted octanol–water partition coefficient (Wildman–Crippen LogP) is 2.24. The number of nitrogens with zero attached hydrogens (tertiary/aromatic N) is 6. The highest BCUT2D eigenvalue weighted by atomic mass is 35.5. The molecule has 3 aromatic rings. The molecule has 2 aliphatic rings. The summed E-state index contributed by atoms with van der Waals surface area (Å²) >= 11 is 7.75. The molecule has 0 radical (unpaired) electrons. The van der Waals surface area contributed by atoms with Gasteiger partial charge in [-0.1, -0.05) is 23.4 Å². The van der Waals surface area contributed by atoms with Gasteiger partial charge in [-0.15, -0.1) is 10.2 Å². The van der Waals surface area contributed by atoms with Crippen LogP contribution in [-0.2, 0) is 4.74 Å². The molecule has 1 spiro atoms. The molecule has 5 heterocycles. The molecule has 5 rings (SSSR count). The minimum atomic E-state index is 0.0655. The first-order valence-electron chi connectivity index (χ1n) is 9.87. The monoisotopic (exact) mass is 446 g/mol. The van der Waals surface area contributed by atoms with Gasteiger partial charge < -0.3 is 21.1 Å². The standard InChI is InChI=1S/C19H23ClN8OS/c1-11-15(21)19(9-29-11)3-6-27(7-4-19)18-24-8-13(17-26-25-10-28(17)18)30-12-2-5-23-16(22)14(12)20/h2,5,8,10-11,15H,3-4,6-7,9,21H2,1H3,(H2,22,23)/t11-,15+/m0/s1. The maximum Gasteiger partial charge on any atom is 0.212 e. The number of nitrogens with two attached hydrogens (primary N) is 2. The van der Waals surface area contributed by atoms with Crippen LogP contribution in [0.2, 0.25) is 5.02 Å². The molecular weight excluding hydrogens is 424 g/mol. The number of anilines is 2. The van der Waals surface area contributed by atoms with Gasteiger partial charge in [0.25, 0.3) is 0 Å². The van der Waals surface area contributed by atoms with E-state index in [0.29, 0.717) is 10.8 Å². The Morgan fingerprint density at radius 1 is 1.27 bits per heavy atom. The van der Waals surface area contributed by atoms with Crippen molar-refractivity contribution in [2.24, 2.45) is 11.1 Å². The van der Waals surface area contributed by atoms with Crippen molar-refractivity contribution >= 4 is 40.8 Å². The molecule has 2 aliphatic heterocycles. The molecule has 2 saturated heterocycles. The van der Waals surface area contributed by atoms with Gasteiger partial charge in [0.2, 0.25) is 5.95 Å². The molecule has 3 aromatic heterocycles. The Kier molecular flexibility index (Phi) is 4.97. The van der Waals surface area contributed by atoms with Gasteiger partial charge in [-0.25, -0.2) is 14.4 Å². The van der Waals surface area contributed by atoms with E-state index in [4.69, 9.17) is 32.8 Å². The van der Waals surface area contributed by atoms with Crippen LogP contribution in [0.15, 0.2) is 34.6 Å². The molecule has 2 atom stereocenters. The topological polar surface area (TPSA) is 120 Å². The molecule has 0 aliphatic carbocycles. The van der Waals surface area contributed by atoms with Crippen molar-refractivity contribution in [2.45, 2.75) is 41.7 Å². The van der Waals surface area contributed by atoms with Gasteiger partial charge in [0.1, 0.15) is 12.1 Å². The Bertz CT molecular complexity index is 1080. The minimum Gasteiger partial charge on any atom is -0.382 e. The minimum absolute atomic E-state index is 0.0655. The van der Waals surface area contributed by atoms with Crippen LogP contribution in [0.5, 0.6) is 0 Å². The lowest BCUT2D eigenvalue weighted by Gasteiger charge is -2.41. The van der Waals surface area contributed by atoms with Gasteiger partial charge in [0.05, 0.1) is 22.6 Å². The second-order valence-corrected chi connectivity index (χ2v) is 9.41. The number of rotatable bonds is 3. The first kappa shape index (κ1) is 19.8. The Balaban J connectivity index is 1.40. The summed E-state index contributed by atoms with van der Waals surface area (Å²) in [5, 5.41) is 8.85. The fourth-order valence-electron chi connectivity index (χ4n) is 4.36. The quantitative estimate of drug-likeness (QED) is 0.623. The summed E-state index contributed by atoms with van der Waals surface area (Å²) in [7, 11) is 0. The summed E-state index contributed by atoms with van der Waals surface area (Å²) in [5.74, 6) is 1.13. The number of hydrogen-bond donors (Lipinski definition) is 2. The van der Waals surface area contributed by atoms with Crippen molar-refractivity contribution in [3.63, 3.8) is 0 Å². The first-order valence-corrected chi connectivity index (χ1v) is 11.1. The van der Waals surface area contributed by atoms with Crippen LogP contribution in [-0.4, -0.2) is 56.4 Å². The number of halogens is 1. The van der Waals surface area contributed by atoms with Crippen molar-refractivity contribution < 1.29 is 4.74 Å². The van der Waals surface area contributed by atoms with Crippen molar-refractivity contribution in [1.29, 1.82) is 0 Å². The van der Waals surface area contributed by atoms with Crippen LogP contribution in [0, 0.1) is 5.41 Å². The van der Waals surface area contributed by atoms with E-state index in [1.54, 1.807) is 12.5 Å². The summed E-state index contributed by atoms with van der Waals surface area (Å²) in [5.41, 5.74) is 13.1. The highest BCUT2D eigenvalue weighted by Crippen LogP contribution is 2.42. The van der Waals surface area contributed by atoms with Crippen LogP contribution in [0.3, 0.4) is 0 Å². The van der Waals surface area contributed by atoms with Gasteiger partial charge in [-0.2, -0.15) is 0 Å². The van der Waals surface area contributed by atoms with E-state index < -0.39 is 0 Å². The molecule has 30 heavy (non-hydrogen) atoms. The predicted molar refractivity (Wildman–Crippen MR) is 116 cm³/mol. The van der Waals surface area contributed by atoms with Gasteiger partial charge in [-0.05, 0) is 25.8 Å². The largest absolute Gasteiger partial charge is 0.382 e. The lowest BCUT2D eigenvalue weighted by Crippen LogP contribution is -2.51. The molecule has 11 heteroatoms. The Morgan fingerprint density at radius 2 is 2.07 bits per heavy atom. The van der Waals surface area contributed by atoms with Crippen LogP contribution in [0.4, 0.5) is 11.8 Å². The number of aromatic nitrogens is 5. The van der Waals surface area contributed by atoms with Crippen LogP contribution in [0.25, 0.3) is 5.65 Å². The molecular formula is C19H23ClN8OS. The second kappa shape index (κ2) is 7.52. The number of hydrogen-bond acceptors (Lipinski definition) is 9. The van der Waals surface area contributed by atoms with Crippen molar-refractivity contribution in [3.8, 4) is 0 Å². The third-order valence-electron chi connectivity index (χ3n) is 6.27. The average molecular weight is 447 g/mol. The number of pyridine rings is 1. The second-order valence-electron chi connectivity index (χ2n) is 7.95. The summed E-state index contributed by atoms with van der Waals surface area (Å²) < 4.78 is 7.76. The Labute approximate surface area is 183 Å². The van der Waals surface area contributed by atoms with E-state index in [1.807, 2.05) is 16.7 Å². The first-order chi connectivity index (χ1) is 14.5. The molecule has 0 aromatic carbocycles. The molecule has 0 saturated carbocycles. The maximum atomic E-state index is 6.45. The maximum absolute atomic E-state index is 6.45. The Hall–Kier alpha value is -2.14. The molecule has 0 unspecified atom stereocenters. The van der Waals surface area contributed by atoms with Crippen LogP contribution < -0.4 is 16.4 Å². The fourth-order valence-corrected chi connectivity index (χ4v) is 5.48. The average Bonchev–Trinajstić information content (AvgIpc) is 3.35. The highest BCUT2D eigenvalue weighted by molar-refractivity contribution is 7.99.